The predicted molar refractivity (Wildman–Crippen MR) is 107 cm³/mol. The van der Waals surface area contributed by atoms with Crippen LogP contribution in [-0.2, 0) is 19.6 Å². The Morgan fingerprint density at radius 3 is 2.68 bits per heavy atom. The zero-order valence-corrected chi connectivity index (χ0v) is 17.5. The molecule has 2 fully saturated rings. The molecule has 0 aromatic heterocycles. The molecule has 1 aromatic rings. The van der Waals surface area contributed by atoms with E-state index in [0.717, 1.165) is 18.4 Å². The monoisotopic (exact) mass is 410 g/mol. The second-order valence-electron chi connectivity index (χ2n) is 7.68. The number of aryl methyl sites for hydroxylation is 1. The molecule has 156 valence electrons. The summed E-state index contributed by atoms with van der Waals surface area (Å²) in [5.74, 6) is 0.563. The van der Waals surface area contributed by atoms with Crippen LogP contribution in [-0.4, -0.2) is 74.8 Å². The molecule has 0 bridgehead atoms. The first-order valence-corrected chi connectivity index (χ1v) is 11.7. The van der Waals surface area contributed by atoms with Crippen molar-refractivity contribution in [3.05, 3.63) is 29.8 Å². The first-order valence-electron chi connectivity index (χ1n) is 9.88. The number of ether oxygens (including phenoxy) is 2. The summed E-state index contributed by atoms with van der Waals surface area (Å²) in [4.78, 5) is 14.4. The third-order valence-electron chi connectivity index (χ3n) is 5.39. The average molecular weight is 411 g/mol. The zero-order chi connectivity index (χ0) is 20.1. The third kappa shape index (κ3) is 5.46. The lowest BCUT2D eigenvalue weighted by Gasteiger charge is -2.42. The summed E-state index contributed by atoms with van der Waals surface area (Å²) in [7, 11) is -3.36. The van der Waals surface area contributed by atoms with Gasteiger partial charge in [-0.2, -0.15) is 4.31 Å². The largest absolute Gasteiger partial charge is 0.484 e. The molecule has 3 rings (SSSR count). The summed E-state index contributed by atoms with van der Waals surface area (Å²) in [6.45, 7) is 4.15. The van der Waals surface area contributed by atoms with Gasteiger partial charge < -0.3 is 14.4 Å². The summed E-state index contributed by atoms with van der Waals surface area (Å²) >= 11 is 0. The van der Waals surface area contributed by atoms with E-state index in [-0.39, 0.29) is 24.6 Å². The normalized spacial score (nSPS) is 21.7. The van der Waals surface area contributed by atoms with Gasteiger partial charge in [-0.1, -0.05) is 12.1 Å². The lowest BCUT2D eigenvalue weighted by molar-refractivity contribution is -0.135. The van der Waals surface area contributed by atoms with E-state index in [1.54, 1.807) is 9.21 Å². The quantitative estimate of drug-likeness (QED) is 0.715. The van der Waals surface area contributed by atoms with Crippen LogP contribution in [0.25, 0.3) is 0 Å². The van der Waals surface area contributed by atoms with Crippen molar-refractivity contribution < 1.29 is 22.7 Å². The van der Waals surface area contributed by atoms with Crippen LogP contribution in [0.4, 0.5) is 0 Å². The highest BCUT2D eigenvalue weighted by Gasteiger charge is 2.37. The van der Waals surface area contributed by atoms with Gasteiger partial charge in [0.2, 0.25) is 10.0 Å². The van der Waals surface area contributed by atoms with Crippen LogP contribution in [0.2, 0.25) is 0 Å². The Morgan fingerprint density at radius 1 is 1.25 bits per heavy atom. The van der Waals surface area contributed by atoms with Gasteiger partial charge in [-0.25, -0.2) is 8.42 Å². The van der Waals surface area contributed by atoms with Gasteiger partial charge in [0.15, 0.2) is 6.61 Å². The minimum absolute atomic E-state index is 0.0354. The SMILES string of the molecule is Cc1cccc(OCC(=O)N2CCCC(N(C3CCOCC3)S(C)(=O)=O)C2)c1. The Bertz CT molecular complexity index is 777. The smallest absolute Gasteiger partial charge is 0.260 e. The molecule has 28 heavy (non-hydrogen) atoms. The van der Waals surface area contributed by atoms with Crippen LogP contribution in [0.3, 0.4) is 0 Å². The minimum atomic E-state index is -3.36. The predicted octanol–water partition coefficient (Wildman–Crippen LogP) is 1.81. The topological polar surface area (TPSA) is 76.2 Å². The van der Waals surface area contributed by atoms with E-state index in [1.165, 1.54) is 6.26 Å². The Morgan fingerprint density at radius 2 is 2.00 bits per heavy atom. The van der Waals surface area contributed by atoms with Gasteiger partial charge in [0.05, 0.1) is 6.26 Å². The van der Waals surface area contributed by atoms with Gasteiger partial charge in [-0.3, -0.25) is 4.79 Å². The Balaban J connectivity index is 1.63. The van der Waals surface area contributed by atoms with Crippen LogP contribution in [0.15, 0.2) is 24.3 Å². The number of amides is 1. The van der Waals surface area contributed by atoms with Crippen LogP contribution in [0.1, 0.15) is 31.2 Å². The Hall–Kier alpha value is -1.64. The van der Waals surface area contributed by atoms with Gasteiger partial charge in [-0.05, 0) is 50.3 Å². The Kier molecular flexibility index (Phi) is 6.95. The number of carbonyl (C=O) groups excluding carboxylic acids is 1. The molecule has 1 aromatic carbocycles. The highest BCUT2D eigenvalue weighted by Crippen LogP contribution is 2.26. The second-order valence-corrected chi connectivity index (χ2v) is 9.57. The van der Waals surface area contributed by atoms with Crippen molar-refractivity contribution in [2.45, 2.75) is 44.7 Å². The molecule has 0 spiro atoms. The van der Waals surface area contributed by atoms with Gasteiger partial charge in [0.25, 0.3) is 5.91 Å². The summed E-state index contributed by atoms with van der Waals surface area (Å²) in [5.41, 5.74) is 1.07. The lowest BCUT2D eigenvalue weighted by Crippen LogP contribution is -2.56. The first kappa shape index (κ1) is 21.1. The molecule has 7 nitrogen and oxygen atoms in total. The maximum absolute atomic E-state index is 12.7. The molecule has 1 atom stereocenters. The zero-order valence-electron chi connectivity index (χ0n) is 16.7. The summed E-state index contributed by atoms with van der Waals surface area (Å²) in [6.07, 6.45) is 4.23. The highest BCUT2D eigenvalue weighted by molar-refractivity contribution is 7.88. The summed E-state index contributed by atoms with van der Waals surface area (Å²) < 4.78 is 37.7. The van der Waals surface area contributed by atoms with Crippen molar-refractivity contribution >= 4 is 15.9 Å². The van der Waals surface area contributed by atoms with Gasteiger partial charge >= 0.3 is 0 Å². The molecule has 2 heterocycles. The van der Waals surface area contributed by atoms with E-state index >= 15 is 0 Å². The van der Waals surface area contributed by atoms with Crippen molar-refractivity contribution in [3.63, 3.8) is 0 Å². The van der Waals surface area contributed by atoms with Crippen LogP contribution in [0, 0.1) is 6.92 Å². The molecule has 0 aliphatic carbocycles. The average Bonchev–Trinajstić information content (AvgIpc) is 2.66. The standard InChI is InChI=1S/C20H30N2O5S/c1-16-5-3-7-19(13-16)27-15-20(23)21-10-4-6-18(14-21)22(28(2,24)25)17-8-11-26-12-9-17/h3,5,7,13,17-18H,4,6,8-12,14-15H2,1-2H3. The fourth-order valence-corrected chi connectivity index (χ4v) is 5.58. The molecule has 0 N–H and O–H groups in total. The fourth-order valence-electron chi connectivity index (χ4n) is 4.11. The number of likely N-dealkylation sites (tertiary alicyclic amines) is 1. The molecule has 0 radical (unpaired) electrons. The summed E-state index contributed by atoms with van der Waals surface area (Å²) in [6, 6.07) is 7.35. The van der Waals surface area contributed by atoms with Crippen LogP contribution < -0.4 is 4.74 Å². The lowest BCUT2D eigenvalue weighted by atomic mass is 10.0. The van der Waals surface area contributed by atoms with Gasteiger partial charge in [0.1, 0.15) is 5.75 Å². The fraction of sp³-hybridized carbons (Fsp3) is 0.650. The first-order chi connectivity index (χ1) is 13.3. The van der Waals surface area contributed by atoms with Crippen molar-refractivity contribution in [2.75, 3.05) is 39.2 Å². The Labute approximate surface area is 167 Å². The highest BCUT2D eigenvalue weighted by atomic mass is 32.2. The number of rotatable bonds is 6. The van der Waals surface area contributed by atoms with Crippen LogP contribution >= 0.6 is 0 Å². The van der Waals surface area contributed by atoms with E-state index in [9.17, 15) is 13.2 Å². The minimum Gasteiger partial charge on any atom is -0.484 e. The van der Waals surface area contributed by atoms with E-state index in [0.29, 0.717) is 44.9 Å². The third-order valence-corrected chi connectivity index (χ3v) is 6.76. The molecule has 0 saturated carbocycles. The molecular formula is C20H30N2O5S. The molecule has 2 aliphatic rings. The van der Waals surface area contributed by atoms with Crippen molar-refractivity contribution in [1.29, 1.82) is 0 Å². The van der Waals surface area contributed by atoms with Crippen LogP contribution in [0.5, 0.6) is 5.75 Å². The van der Waals surface area contributed by atoms with Crippen molar-refractivity contribution in [3.8, 4) is 5.75 Å². The van der Waals surface area contributed by atoms with E-state index in [2.05, 4.69) is 0 Å². The number of piperidine rings is 1. The maximum atomic E-state index is 12.7. The van der Waals surface area contributed by atoms with E-state index < -0.39 is 10.0 Å². The molecule has 2 aliphatic heterocycles. The number of carbonyl (C=O) groups is 1. The molecule has 1 amide bonds. The molecule has 2 saturated heterocycles. The molecule has 8 heteroatoms. The van der Waals surface area contributed by atoms with Gasteiger partial charge in [0, 0.05) is 38.4 Å². The second kappa shape index (κ2) is 9.24. The maximum Gasteiger partial charge on any atom is 0.260 e. The number of hydrogen-bond acceptors (Lipinski definition) is 5. The van der Waals surface area contributed by atoms with E-state index in [4.69, 9.17) is 9.47 Å². The molecular weight excluding hydrogens is 380 g/mol. The number of nitrogens with zero attached hydrogens (tertiary/aromatic N) is 2. The number of hydrogen-bond donors (Lipinski definition) is 0. The van der Waals surface area contributed by atoms with Crippen molar-refractivity contribution in [2.24, 2.45) is 0 Å². The number of benzene rings is 1. The van der Waals surface area contributed by atoms with Gasteiger partial charge in [-0.15, -0.1) is 0 Å². The van der Waals surface area contributed by atoms with E-state index in [1.807, 2.05) is 31.2 Å². The van der Waals surface area contributed by atoms with Crippen molar-refractivity contribution in [1.82, 2.24) is 9.21 Å². The summed E-state index contributed by atoms with van der Waals surface area (Å²) in [5, 5.41) is 0. The molecule has 1 unspecified atom stereocenters. The number of sulfonamides is 1.